The van der Waals surface area contributed by atoms with Gasteiger partial charge in [-0.15, -0.1) is 12.4 Å². The first-order valence-electron chi connectivity index (χ1n) is 10.1. The lowest BCUT2D eigenvalue weighted by Gasteiger charge is -2.21. The number of anilines is 1. The van der Waals surface area contributed by atoms with Gasteiger partial charge in [-0.1, -0.05) is 39.0 Å². The monoisotopic (exact) mass is 417 g/mol. The van der Waals surface area contributed by atoms with Crippen LogP contribution in [-0.4, -0.2) is 36.3 Å². The van der Waals surface area contributed by atoms with Gasteiger partial charge in [0, 0.05) is 36.4 Å². The van der Waals surface area contributed by atoms with Crippen molar-refractivity contribution in [1.29, 1.82) is 0 Å². The maximum Gasteiger partial charge on any atom is 0.255 e. The van der Waals surface area contributed by atoms with E-state index in [1.807, 2.05) is 29.2 Å². The molecule has 0 aromatic heterocycles. The molecule has 6 heteroatoms. The van der Waals surface area contributed by atoms with Crippen LogP contribution in [0.5, 0.6) is 0 Å². The van der Waals surface area contributed by atoms with E-state index in [0.29, 0.717) is 11.1 Å². The normalized spacial score (nSPS) is 10.2. The molecule has 0 aliphatic heterocycles. The van der Waals surface area contributed by atoms with Gasteiger partial charge in [0.25, 0.3) is 11.8 Å². The van der Waals surface area contributed by atoms with E-state index in [4.69, 9.17) is 0 Å². The van der Waals surface area contributed by atoms with E-state index in [0.717, 1.165) is 50.3 Å². The summed E-state index contributed by atoms with van der Waals surface area (Å²) in [6, 6.07) is 14.7. The van der Waals surface area contributed by atoms with Gasteiger partial charge in [0.05, 0.1) is 0 Å². The van der Waals surface area contributed by atoms with Crippen LogP contribution in [0, 0.1) is 0 Å². The molecule has 0 spiro atoms. The van der Waals surface area contributed by atoms with Crippen molar-refractivity contribution < 1.29 is 9.59 Å². The van der Waals surface area contributed by atoms with Crippen LogP contribution < -0.4 is 10.6 Å². The molecule has 0 atom stereocenters. The van der Waals surface area contributed by atoms with E-state index < -0.39 is 0 Å². The zero-order valence-corrected chi connectivity index (χ0v) is 18.3. The summed E-state index contributed by atoms with van der Waals surface area (Å²) >= 11 is 0. The lowest BCUT2D eigenvalue weighted by Crippen LogP contribution is -2.32. The summed E-state index contributed by atoms with van der Waals surface area (Å²) in [5.41, 5.74) is 2.89. The van der Waals surface area contributed by atoms with Crippen LogP contribution in [0.2, 0.25) is 0 Å². The Morgan fingerprint density at radius 1 is 0.897 bits per heavy atom. The molecule has 2 rings (SSSR count). The van der Waals surface area contributed by atoms with Crippen molar-refractivity contribution in [3.8, 4) is 0 Å². The number of benzene rings is 2. The minimum atomic E-state index is -0.215. The highest BCUT2D eigenvalue weighted by atomic mass is 35.5. The second kappa shape index (κ2) is 13.0. The number of hydrogen-bond donors (Lipinski definition) is 2. The topological polar surface area (TPSA) is 61.4 Å². The Balaban J connectivity index is 0.00000420. The van der Waals surface area contributed by atoms with Gasteiger partial charge in [-0.3, -0.25) is 9.59 Å². The van der Waals surface area contributed by atoms with Crippen LogP contribution in [0.4, 0.5) is 5.69 Å². The number of rotatable bonds is 10. The van der Waals surface area contributed by atoms with Crippen LogP contribution in [-0.2, 0) is 6.54 Å². The first kappa shape index (κ1) is 24.7. The molecule has 0 saturated heterocycles. The van der Waals surface area contributed by atoms with E-state index in [-0.39, 0.29) is 24.2 Å². The molecule has 2 amide bonds. The van der Waals surface area contributed by atoms with Gasteiger partial charge in [-0.2, -0.15) is 0 Å². The molecule has 0 radical (unpaired) electrons. The van der Waals surface area contributed by atoms with Crippen LogP contribution in [0.15, 0.2) is 48.5 Å². The summed E-state index contributed by atoms with van der Waals surface area (Å²) in [6.07, 6.45) is 1.82. The second-order valence-corrected chi connectivity index (χ2v) is 6.81. The first-order valence-corrected chi connectivity index (χ1v) is 10.1. The highest BCUT2D eigenvalue weighted by Gasteiger charge is 2.16. The minimum Gasteiger partial charge on any atom is -0.339 e. The molecular formula is C23H32ClN3O2. The number of carbonyl (C=O) groups excluding carboxylic acids is 2. The van der Waals surface area contributed by atoms with Crippen LogP contribution in [0.1, 0.15) is 59.9 Å². The highest BCUT2D eigenvalue weighted by molar-refractivity contribution is 6.06. The third-order valence-corrected chi connectivity index (χ3v) is 4.41. The zero-order valence-electron chi connectivity index (χ0n) is 17.5. The molecule has 0 heterocycles. The molecule has 0 saturated carbocycles. The predicted octanol–water partition coefficient (Wildman–Crippen LogP) is 4.73. The molecule has 0 aliphatic carbocycles. The van der Waals surface area contributed by atoms with Crippen molar-refractivity contribution in [2.45, 2.75) is 40.2 Å². The lowest BCUT2D eigenvalue weighted by molar-refractivity contribution is 0.0755. The molecule has 0 unspecified atom stereocenters. The van der Waals surface area contributed by atoms with E-state index in [9.17, 15) is 9.59 Å². The van der Waals surface area contributed by atoms with Gasteiger partial charge >= 0.3 is 0 Å². The molecule has 0 fully saturated rings. The van der Waals surface area contributed by atoms with E-state index >= 15 is 0 Å². The number of hydrogen-bond acceptors (Lipinski definition) is 3. The van der Waals surface area contributed by atoms with Gasteiger partial charge in [-0.05, 0) is 55.3 Å². The Hall–Kier alpha value is -2.37. The van der Waals surface area contributed by atoms with E-state index in [2.05, 4.69) is 31.4 Å². The molecule has 158 valence electrons. The summed E-state index contributed by atoms with van der Waals surface area (Å²) in [6.45, 7) is 9.28. The first-order chi connectivity index (χ1) is 13.6. The van der Waals surface area contributed by atoms with E-state index in [1.54, 1.807) is 24.3 Å². The Morgan fingerprint density at radius 3 is 2.21 bits per heavy atom. The number of carbonyl (C=O) groups is 2. The van der Waals surface area contributed by atoms with Gasteiger partial charge in [0.1, 0.15) is 0 Å². The maximum atomic E-state index is 12.8. The van der Waals surface area contributed by atoms with Crippen molar-refractivity contribution >= 4 is 29.9 Å². The quantitative estimate of drug-likeness (QED) is 0.587. The molecule has 2 aromatic carbocycles. The number of nitrogens with one attached hydrogen (secondary N) is 2. The summed E-state index contributed by atoms with van der Waals surface area (Å²) in [4.78, 5) is 27.3. The van der Waals surface area contributed by atoms with Gasteiger partial charge in [-0.25, -0.2) is 0 Å². The standard InChI is InChI=1S/C23H31N3O2.ClH/c1-4-13-26(14-5-2)23(28)20-11-8-10-19(16-20)22(27)25-21-12-7-9-18(15-21)17-24-6-3;/h7-12,15-16,24H,4-6,13-14,17H2,1-3H3,(H,25,27);1H. The molecule has 0 bridgehead atoms. The fourth-order valence-electron chi connectivity index (χ4n) is 3.06. The number of halogens is 1. The van der Waals surface area contributed by atoms with Crippen molar-refractivity contribution in [1.82, 2.24) is 10.2 Å². The van der Waals surface area contributed by atoms with Crippen molar-refractivity contribution in [2.75, 3.05) is 25.0 Å². The Bertz CT molecular complexity index is 789. The largest absolute Gasteiger partial charge is 0.339 e. The Morgan fingerprint density at radius 2 is 1.55 bits per heavy atom. The predicted molar refractivity (Wildman–Crippen MR) is 122 cm³/mol. The summed E-state index contributed by atoms with van der Waals surface area (Å²) in [5, 5.41) is 6.20. The molecular weight excluding hydrogens is 386 g/mol. The molecule has 2 aromatic rings. The van der Waals surface area contributed by atoms with Crippen LogP contribution in [0.3, 0.4) is 0 Å². The summed E-state index contributed by atoms with van der Waals surface area (Å²) in [5.74, 6) is -0.237. The summed E-state index contributed by atoms with van der Waals surface area (Å²) in [7, 11) is 0. The third-order valence-electron chi connectivity index (χ3n) is 4.41. The second-order valence-electron chi connectivity index (χ2n) is 6.81. The molecule has 2 N–H and O–H groups in total. The average Bonchev–Trinajstić information content (AvgIpc) is 2.72. The Kier molecular flexibility index (Phi) is 11.0. The lowest BCUT2D eigenvalue weighted by atomic mass is 10.1. The van der Waals surface area contributed by atoms with Crippen molar-refractivity contribution in [2.24, 2.45) is 0 Å². The van der Waals surface area contributed by atoms with Gasteiger partial charge < -0.3 is 15.5 Å². The molecule has 29 heavy (non-hydrogen) atoms. The highest BCUT2D eigenvalue weighted by Crippen LogP contribution is 2.14. The maximum absolute atomic E-state index is 12.8. The SMILES string of the molecule is CCCN(CCC)C(=O)c1cccc(C(=O)Nc2cccc(CNCC)c2)c1.Cl. The number of nitrogens with zero attached hydrogens (tertiary/aromatic N) is 1. The van der Waals surface area contributed by atoms with Gasteiger partial charge in [0.15, 0.2) is 0 Å². The summed E-state index contributed by atoms with van der Waals surface area (Å²) < 4.78 is 0. The van der Waals surface area contributed by atoms with Gasteiger partial charge in [0.2, 0.25) is 0 Å². The fourth-order valence-corrected chi connectivity index (χ4v) is 3.06. The Labute approximate surface area is 180 Å². The van der Waals surface area contributed by atoms with Crippen molar-refractivity contribution in [3.63, 3.8) is 0 Å². The average molecular weight is 418 g/mol. The number of amides is 2. The van der Waals surface area contributed by atoms with Crippen molar-refractivity contribution in [3.05, 3.63) is 65.2 Å². The van der Waals surface area contributed by atoms with Crippen LogP contribution >= 0.6 is 12.4 Å². The molecule has 5 nitrogen and oxygen atoms in total. The van der Waals surface area contributed by atoms with E-state index in [1.165, 1.54) is 0 Å². The fraction of sp³-hybridized carbons (Fsp3) is 0.391. The minimum absolute atomic E-state index is 0. The third kappa shape index (κ3) is 7.52. The molecule has 0 aliphatic rings. The zero-order chi connectivity index (χ0) is 20.4. The van der Waals surface area contributed by atoms with Crippen LogP contribution in [0.25, 0.3) is 0 Å². The smallest absolute Gasteiger partial charge is 0.255 e.